The normalized spacial score (nSPS) is 11.5. The molecule has 0 spiro atoms. The quantitative estimate of drug-likeness (QED) is 0.218. The molecule has 0 aliphatic heterocycles. The zero-order chi connectivity index (χ0) is 26.9. The maximum absolute atomic E-state index is 2.36. The average molecular weight is 515 g/mol. The van der Waals surface area contributed by atoms with E-state index in [2.05, 4.69) is 169 Å². The molecule has 0 amide bonds. The van der Waals surface area contributed by atoms with Gasteiger partial charge < -0.3 is 9.80 Å². The molecule has 6 aromatic rings. The lowest BCUT2D eigenvalue weighted by atomic mass is 9.98. The Labute approximate surface area is 236 Å². The van der Waals surface area contributed by atoms with Crippen molar-refractivity contribution in [1.29, 1.82) is 0 Å². The van der Waals surface area contributed by atoms with Crippen molar-refractivity contribution in [2.75, 3.05) is 16.8 Å². The lowest BCUT2D eigenvalue weighted by Gasteiger charge is -2.27. The number of rotatable bonds is 6. The second-order valence-corrected chi connectivity index (χ2v) is 10.3. The summed E-state index contributed by atoms with van der Waals surface area (Å²) in [5, 5.41) is 0. The van der Waals surface area contributed by atoms with Gasteiger partial charge in [-0.3, -0.25) is 0 Å². The molecule has 0 unspecified atom stereocenters. The molecule has 1 aliphatic carbocycles. The number of para-hydroxylation sites is 2. The summed E-state index contributed by atoms with van der Waals surface area (Å²) in [4.78, 5) is 4.57. The highest BCUT2D eigenvalue weighted by atomic mass is 15.2. The van der Waals surface area contributed by atoms with Gasteiger partial charge in [0.05, 0.1) is 0 Å². The molecule has 0 saturated carbocycles. The van der Waals surface area contributed by atoms with Crippen LogP contribution in [0.2, 0.25) is 0 Å². The fraction of sp³-hybridized carbons (Fsp3) is 0.0526. The lowest BCUT2D eigenvalue weighted by Crippen LogP contribution is -2.13. The molecule has 0 saturated heterocycles. The second-order valence-electron chi connectivity index (χ2n) is 10.3. The van der Waals surface area contributed by atoms with Gasteiger partial charge in [-0.15, -0.1) is 0 Å². The fourth-order valence-electron chi connectivity index (χ4n) is 5.79. The minimum Gasteiger partial charge on any atom is -0.345 e. The Kier molecular flexibility index (Phi) is 6.14. The van der Waals surface area contributed by atoms with Crippen molar-refractivity contribution in [1.82, 2.24) is 0 Å². The molecule has 40 heavy (non-hydrogen) atoms. The largest absolute Gasteiger partial charge is 0.345 e. The molecule has 6 aromatic carbocycles. The average Bonchev–Trinajstić information content (AvgIpc) is 3.40. The highest BCUT2D eigenvalue weighted by molar-refractivity contribution is 5.83. The van der Waals surface area contributed by atoms with Crippen molar-refractivity contribution in [3.63, 3.8) is 0 Å². The summed E-state index contributed by atoms with van der Waals surface area (Å²) in [6.07, 6.45) is 1.02. The topological polar surface area (TPSA) is 6.48 Å². The third-order valence-corrected chi connectivity index (χ3v) is 7.87. The smallest absolute Gasteiger partial charge is 0.0482 e. The van der Waals surface area contributed by atoms with Crippen molar-refractivity contribution in [3.05, 3.63) is 163 Å². The summed E-state index contributed by atoms with van der Waals surface area (Å²) >= 11 is 0. The van der Waals surface area contributed by atoms with Crippen LogP contribution in [-0.4, -0.2) is 7.05 Å². The Morgan fingerprint density at radius 1 is 0.400 bits per heavy atom. The molecular formula is C38H30N2. The molecule has 0 aromatic heterocycles. The van der Waals surface area contributed by atoms with E-state index in [9.17, 15) is 0 Å². The van der Waals surface area contributed by atoms with Crippen LogP contribution in [0.5, 0.6) is 0 Å². The van der Waals surface area contributed by atoms with Crippen LogP contribution >= 0.6 is 0 Å². The first-order valence-electron chi connectivity index (χ1n) is 13.8. The van der Waals surface area contributed by atoms with Gasteiger partial charge in [-0.25, -0.2) is 0 Å². The van der Waals surface area contributed by atoms with Crippen LogP contribution in [0.25, 0.3) is 22.3 Å². The van der Waals surface area contributed by atoms with Crippen molar-refractivity contribution < 1.29 is 0 Å². The highest BCUT2D eigenvalue weighted by Crippen LogP contribution is 2.40. The van der Waals surface area contributed by atoms with Gasteiger partial charge in [0, 0.05) is 35.5 Å². The van der Waals surface area contributed by atoms with Crippen LogP contribution in [0, 0.1) is 0 Å². The number of hydrogen-bond donors (Lipinski definition) is 0. The molecule has 0 N–H and O–H groups in total. The highest BCUT2D eigenvalue weighted by Gasteiger charge is 2.19. The molecule has 192 valence electrons. The standard InChI is InChI=1S/C38H30N2/c1-39(35-19-11-20-36(27-35)40(32-14-4-2-5-15-32)33-16-6-3-7-17-33)34-18-10-13-28(25-34)29-22-23-31-24-30-12-8-9-21-37(30)38(31)26-29/h2-23,25-27H,24H2,1H3. The van der Waals surface area contributed by atoms with E-state index in [0.29, 0.717) is 0 Å². The molecular weight excluding hydrogens is 484 g/mol. The van der Waals surface area contributed by atoms with Crippen LogP contribution in [0.4, 0.5) is 28.4 Å². The molecule has 2 nitrogen and oxygen atoms in total. The van der Waals surface area contributed by atoms with E-state index in [0.717, 1.165) is 34.9 Å². The Morgan fingerprint density at radius 3 is 1.70 bits per heavy atom. The summed E-state index contributed by atoms with van der Waals surface area (Å²) in [7, 11) is 2.15. The molecule has 1 aliphatic rings. The van der Waals surface area contributed by atoms with Crippen molar-refractivity contribution in [2.24, 2.45) is 0 Å². The van der Waals surface area contributed by atoms with Gasteiger partial charge >= 0.3 is 0 Å². The minimum atomic E-state index is 1.02. The first-order valence-corrected chi connectivity index (χ1v) is 13.8. The Balaban J connectivity index is 1.23. The first-order chi connectivity index (χ1) is 19.7. The number of benzene rings is 6. The molecule has 2 heteroatoms. The van der Waals surface area contributed by atoms with Crippen LogP contribution in [0.1, 0.15) is 11.1 Å². The predicted octanol–water partition coefficient (Wildman–Crippen LogP) is 10.2. The summed E-state index contributed by atoms with van der Waals surface area (Å²) in [6, 6.07) is 54.4. The van der Waals surface area contributed by atoms with Crippen molar-refractivity contribution >= 4 is 28.4 Å². The molecule has 0 radical (unpaired) electrons. The van der Waals surface area contributed by atoms with Gasteiger partial charge in [-0.05, 0) is 100 Å². The lowest BCUT2D eigenvalue weighted by molar-refractivity contribution is 1.20. The summed E-state index contributed by atoms with van der Waals surface area (Å²) in [6.45, 7) is 0. The van der Waals surface area contributed by atoms with Gasteiger partial charge in [0.15, 0.2) is 0 Å². The van der Waals surface area contributed by atoms with Gasteiger partial charge in [-0.2, -0.15) is 0 Å². The second kappa shape index (κ2) is 10.2. The molecule has 7 rings (SSSR count). The van der Waals surface area contributed by atoms with E-state index >= 15 is 0 Å². The van der Waals surface area contributed by atoms with Crippen LogP contribution in [0.15, 0.2) is 152 Å². The summed E-state index contributed by atoms with van der Waals surface area (Å²) in [5.74, 6) is 0. The third-order valence-electron chi connectivity index (χ3n) is 7.87. The minimum absolute atomic E-state index is 1.02. The van der Waals surface area contributed by atoms with E-state index in [-0.39, 0.29) is 0 Å². The van der Waals surface area contributed by atoms with Crippen molar-refractivity contribution in [3.8, 4) is 22.3 Å². The fourth-order valence-corrected chi connectivity index (χ4v) is 5.79. The monoisotopic (exact) mass is 514 g/mol. The van der Waals surface area contributed by atoms with E-state index in [1.807, 2.05) is 0 Å². The molecule has 0 fully saturated rings. The van der Waals surface area contributed by atoms with E-state index in [1.54, 1.807) is 0 Å². The number of nitrogens with zero attached hydrogens (tertiary/aromatic N) is 2. The van der Waals surface area contributed by atoms with Crippen LogP contribution in [0.3, 0.4) is 0 Å². The maximum atomic E-state index is 2.36. The Bertz CT molecular complexity index is 1750. The van der Waals surface area contributed by atoms with Gasteiger partial charge in [0.25, 0.3) is 0 Å². The van der Waals surface area contributed by atoms with Crippen LogP contribution in [-0.2, 0) is 6.42 Å². The number of anilines is 5. The first kappa shape index (κ1) is 24.0. The van der Waals surface area contributed by atoms with Crippen LogP contribution < -0.4 is 9.80 Å². The van der Waals surface area contributed by atoms with Gasteiger partial charge in [0.2, 0.25) is 0 Å². The zero-order valence-electron chi connectivity index (χ0n) is 22.5. The number of fused-ring (bicyclic) bond motifs is 3. The SMILES string of the molecule is CN(c1cccc(-c2ccc3c(c2)-c2ccccc2C3)c1)c1cccc(N(c2ccccc2)c2ccccc2)c1. The van der Waals surface area contributed by atoms with E-state index in [1.165, 1.54) is 33.4 Å². The Hall–Kier alpha value is -5.08. The zero-order valence-corrected chi connectivity index (χ0v) is 22.5. The summed E-state index contributed by atoms with van der Waals surface area (Å²) < 4.78 is 0. The molecule has 0 heterocycles. The summed E-state index contributed by atoms with van der Waals surface area (Å²) in [5.41, 5.74) is 13.7. The molecule has 0 bridgehead atoms. The van der Waals surface area contributed by atoms with Gasteiger partial charge in [0.1, 0.15) is 0 Å². The van der Waals surface area contributed by atoms with Crippen molar-refractivity contribution in [2.45, 2.75) is 6.42 Å². The van der Waals surface area contributed by atoms with E-state index < -0.39 is 0 Å². The Morgan fingerprint density at radius 2 is 0.950 bits per heavy atom. The third kappa shape index (κ3) is 4.44. The maximum Gasteiger partial charge on any atom is 0.0482 e. The predicted molar refractivity (Wildman–Crippen MR) is 169 cm³/mol. The molecule has 0 atom stereocenters. The van der Waals surface area contributed by atoms with Gasteiger partial charge in [-0.1, -0.05) is 91.0 Å². The van der Waals surface area contributed by atoms with E-state index in [4.69, 9.17) is 0 Å². The number of hydrogen-bond acceptors (Lipinski definition) is 2.